The van der Waals surface area contributed by atoms with E-state index in [0.29, 0.717) is 13.0 Å². The van der Waals surface area contributed by atoms with Crippen LogP contribution in [0.25, 0.3) is 0 Å². The van der Waals surface area contributed by atoms with Gasteiger partial charge in [0, 0.05) is 11.1 Å². The third-order valence-electron chi connectivity index (χ3n) is 8.65. The minimum absolute atomic E-state index is 0.0843. The lowest BCUT2D eigenvalue weighted by Crippen LogP contribution is -2.65. The average molecular weight is 449 g/mol. The topological polar surface area (TPSA) is 76.7 Å². The van der Waals surface area contributed by atoms with Crippen LogP contribution < -0.4 is 10.6 Å². The number of esters is 2. The summed E-state index contributed by atoms with van der Waals surface area (Å²) in [5, 5.41) is 7.63. The van der Waals surface area contributed by atoms with Crippen LogP contribution in [0.1, 0.15) is 105 Å². The Labute approximate surface area is 193 Å². The first-order chi connectivity index (χ1) is 15.1. The van der Waals surface area contributed by atoms with E-state index in [9.17, 15) is 9.59 Å². The zero-order valence-corrected chi connectivity index (χ0v) is 20.7. The van der Waals surface area contributed by atoms with Crippen molar-refractivity contribution in [1.82, 2.24) is 10.6 Å². The fraction of sp³-hybridized carbons (Fsp3) is 0.923. The van der Waals surface area contributed by atoms with Gasteiger partial charge in [0.2, 0.25) is 0 Å². The third kappa shape index (κ3) is 4.46. The first-order valence-electron chi connectivity index (χ1n) is 13.1. The van der Waals surface area contributed by atoms with Gasteiger partial charge in [0.1, 0.15) is 11.1 Å². The molecule has 2 saturated carbocycles. The molecule has 2 unspecified atom stereocenters. The van der Waals surface area contributed by atoms with E-state index in [-0.39, 0.29) is 28.9 Å². The molecule has 182 valence electrons. The van der Waals surface area contributed by atoms with Crippen LogP contribution in [0.5, 0.6) is 0 Å². The lowest BCUT2D eigenvalue weighted by molar-refractivity contribution is -0.175. The molecule has 0 aromatic heterocycles. The van der Waals surface area contributed by atoms with Crippen LogP contribution in [0.4, 0.5) is 0 Å². The maximum atomic E-state index is 14.0. The molecule has 2 aliphatic carbocycles. The monoisotopic (exact) mass is 448 g/mol. The van der Waals surface area contributed by atoms with Crippen LogP contribution in [-0.2, 0) is 19.1 Å². The molecule has 2 spiro atoms. The number of ether oxygens (including phenoxy) is 2. The molecule has 2 saturated heterocycles. The van der Waals surface area contributed by atoms with Gasteiger partial charge in [0.15, 0.2) is 0 Å². The highest BCUT2D eigenvalue weighted by atomic mass is 16.6. The van der Waals surface area contributed by atoms with Gasteiger partial charge >= 0.3 is 11.9 Å². The first kappa shape index (κ1) is 24.0. The molecule has 2 heterocycles. The molecule has 4 fully saturated rings. The van der Waals surface area contributed by atoms with Gasteiger partial charge in [-0.25, -0.2) is 4.79 Å². The normalized spacial score (nSPS) is 37.0. The van der Waals surface area contributed by atoms with E-state index in [2.05, 4.69) is 10.6 Å². The highest BCUT2D eigenvalue weighted by molar-refractivity contribution is 5.90. The molecule has 0 radical (unpaired) electrons. The van der Waals surface area contributed by atoms with Crippen molar-refractivity contribution in [2.24, 2.45) is 11.8 Å². The molecular formula is C26H44N2O4. The smallest absolute Gasteiger partial charge is 0.328 e. The Bertz CT molecular complexity index is 693. The van der Waals surface area contributed by atoms with Gasteiger partial charge in [-0.2, -0.15) is 0 Å². The number of hydrogen-bond acceptors (Lipinski definition) is 6. The van der Waals surface area contributed by atoms with Crippen LogP contribution in [0, 0.1) is 11.8 Å². The van der Waals surface area contributed by atoms with Crippen LogP contribution in [0.15, 0.2) is 0 Å². The SMILES string of the molecule is CCOC(=O)C1CC2(CCCCC2)NC1(C(=O)OC(C)(C)C)C1CCC2(CCCN2)CC1. The van der Waals surface area contributed by atoms with E-state index in [1.807, 2.05) is 27.7 Å². The summed E-state index contributed by atoms with van der Waals surface area (Å²) in [4.78, 5) is 27.4. The van der Waals surface area contributed by atoms with Gasteiger partial charge in [-0.1, -0.05) is 19.3 Å². The summed E-state index contributed by atoms with van der Waals surface area (Å²) >= 11 is 0. The molecule has 0 bridgehead atoms. The van der Waals surface area contributed by atoms with Gasteiger partial charge in [-0.05, 0) is 97.9 Å². The quantitative estimate of drug-likeness (QED) is 0.626. The van der Waals surface area contributed by atoms with Crippen LogP contribution in [0.3, 0.4) is 0 Å². The molecule has 2 aliphatic heterocycles. The number of hydrogen-bond donors (Lipinski definition) is 2. The Morgan fingerprint density at radius 2 is 1.59 bits per heavy atom. The highest BCUT2D eigenvalue weighted by Crippen LogP contribution is 2.53. The maximum absolute atomic E-state index is 14.0. The molecule has 0 amide bonds. The van der Waals surface area contributed by atoms with Gasteiger partial charge in [0.25, 0.3) is 0 Å². The summed E-state index contributed by atoms with van der Waals surface area (Å²) in [5.41, 5.74) is -1.52. The summed E-state index contributed by atoms with van der Waals surface area (Å²) in [6.07, 6.45) is 12.7. The van der Waals surface area contributed by atoms with E-state index in [4.69, 9.17) is 9.47 Å². The molecule has 4 rings (SSSR count). The molecule has 0 aromatic rings. The molecular weight excluding hydrogens is 404 g/mol. The lowest BCUT2D eigenvalue weighted by Gasteiger charge is -2.47. The second kappa shape index (κ2) is 8.90. The number of carbonyl (C=O) groups excluding carboxylic acids is 2. The summed E-state index contributed by atoms with van der Waals surface area (Å²) in [6.45, 7) is 9.03. The van der Waals surface area contributed by atoms with E-state index in [1.165, 1.54) is 19.3 Å². The van der Waals surface area contributed by atoms with Gasteiger partial charge in [0.05, 0.1) is 12.5 Å². The van der Waals surface area contributed by atoms with Crippen molar-refractivity contribution in [3.05, 3.63) is 0 Å². The first-order valence-corrected chi connectivity index (χ1v) is 13.1. The number of carbonyl (C=O) groups is 2. The summed E-state index contributed by atoms with van der Waals surface area (Å²) < 4.78 is 11.6. The van der Waals surface area contributed by atoms with Crippen molar-refractivity contribution in [2.75, 3.05) is 13.2 Å². The van der Waals surface area contributed by atoms with Crippen molar-refractivity contribution in [3.63, 3.8) is 0 Å². The van der Waals surface area contributed by atoms with Crippen LogP contribution in [-0.4, -0.2) is 47.3 Å². The minimum atomic E-state index is -0.989. The van der Waals surface area contributed by atoms with Crippen molar-refractivity contribution < 1.29 is 19.1 Å². The number of rotatable bonds is 4. The molecule has 6 nitrogen and oxygen atoms in total. The Morgan fingerprint density at radius 1 is 0.938 bits per heavy atom. The lowest BCUT2D eigenvalue weighted by atomic mass is 9.64. The molecule has 4 aliphatic rings. The van der Waals surface area contributed by atoms with E-state index in [1.54, 1.807) is 0 Å². The second-order valence-corrected chi connectivity index (χ2v) is 11.9. The van der Waals surface area contributed by atoms with Crippen molar-refractivity contribution >= 4 is 11.9 Å². The minimum Gasteiger partial charge on any atom is -0.466 e. The predicted octanol–water partition coefficient (Wildman–Crippen LogP) is 4.25. The summed E-state index contributed by atoms with van der Waals surface area (Å²) in [7, 11) is 0. The Kier molecular flexibility index (Phi) is 6.68. The van der Waals surface area contributed by atoms with E-state index in [0.717, 1.165) is 57.9 Å². The fourth-order valence-corrected chi connectivity index (χ4v) is 7.23. The molecule has 6 heteroatoms. The third-order valence-corrected chi connectivity index (χ3v) is 8.65. The Balaban J connectivity index is 1.70. The number of nitrogens with one attached hydrogen (secondary N) is 2. The van der Waals surface area contributed by atoms with Gasteiger partial charge in [-0.3, -0.25) is 10.1 Å². The largest absolute Gasteiger partial charge is 0.466 e. The van der Waals surface area contributed by atoms with Crippen molar-refractivity contribution in [2.45, 2.75) is 127 Å². The van der Waals surface area contributed by atoms with Gasteiger partial charge < -0.3 is 14.8 Å². The van der Waals surface area contributed by atoms with Crippen LogP contribution >= 0.6 is 0 Å². The Hall–Kier alpha value is -1.14. The van der Waals surface area contributed by atoms with Crippen LogP contribution in [0.2, 0.25) is 0 Å². The van der Waals surface area contributed by atoms with E-state index >= 15 is 0 Å². The van der Waals surface area contributed by atoms with E-state index < -0.39 is 17.1 Å². The average Bonchev–Trinajstić information content (AvgIpc) is 3.32. The van der Waals surface area contributed by atoms with Crippen molar-refractivity contribution in [3.8, 4) is 0 Å². The fourth-order valence-electron chi connectivity index (χ4n) is 7.23. The predicted molar refractivity (Wildman–Crippen MR) is 124 cm³/mol. The second-order valence-electron chi connectivity index (χ2n) is 11.9. The molecule has 2 atom stereocenters. The van der Waals surface area contributed by atoms with Gasteiger partial charge in [-0.15, -0.1) is 0 Å². The summed E-state index contributed by atoms with van der Waals surface area (Å²) in [5.74, 6) is -0.870. The zero-order chi connectivity index (χ0) is 23.0. The zero-order valence-electron chi connectivity index (χ0n) is 20.7. The Morgan fingerprint density at radius 3 is 2.16 bits per heavy atom. The summed E-state index contributed by atoms with van der Waals surface area (Å²) in [6, 6.07) is 0. The molecule has 32 heavy (non-hydrogen) atoms. The standard InChI is InChI=1S/C26H44N2O4/c1-5-31-21(29)20-18-25(12-7-6-8-13-25)28-26(20,22(30)32-23(2,3)4)19-10-15-24(16-11-19)14-9-17-27-24/h19-20,27-28H,5-18H2,1-4H3. The molecule has 0 aromatic carbocycles. The highest BCUT2D eigenvalue weighted by Gasteiger charge is 2.66. The molecule has 2 N–H and O–H groups in total. The maximum Gasteiger partial charge on any atom is 0.328 e. The van der Waals surface area contributed by atoms with Crippen molar-refractivity contribution in [1.29, 1.82) is 0 Å².